The standard InChI is InChI=1S/C19H17Cl2N7O2S/c20-12-8-13(21)18(23-9-12)24-16(29)11-31-19-26-25-15(10-27-7-3-5-17(27)30)28(19)14-4-1-2-6-22-14/h1-2,4,6,8-9H,3,5,7,10-11H2,(H,23,24,29). The van der Waals surface area contributed by atoms with Crippen LogP contribution in [0, 0.1) is 0 Å². The van der Waals surface area contributed by atoms with Gasteiger partial charge in [0.2, 0.25) is 11.8 Å². The first-order valence-corrected chi connectivity index (χ1v) is 11.1. The number of carbonyl (C=O) groups excluding carboxylic acids is 2. The lowest BCUT2D eigenvalue weighted by molar-refractivity contribution is -0.128. The Kier molecular flexibility index (Phi) is 6.69. The number of thioether (sulfide) groups is 1. The van der Waals surface area contributed by atoms with Crippen molar-refractivity contribution in [2.24, 2.45) is 0 Å². The molecule has 4 rings (SSSR count). The fourth-order valence-electron chi connectivity index (χ4n) is 3.06. The highest BCUT2D eigenvalue weighted by Crippen LogP contribution is 2.25. The molecule has 1 aliphatic rings. The zero-order valence-corrected chi connectivity index (χ0v) is 18.5. The van der Waals surface area contributed by atoms with Crippen LogP contribution in [0.2, 0.25) is 10.0 Å². The Morgan fingerprint density at radius 2 is 2.10 bits per heavy atom. The van der Waals surface area contributed by atoms with E-state index in [1.165, 1.54) is 24.0 Å². The fraction of sp³-hybridized carbons (Fsp3) is 0.263. The van der Waals surface area contributed by atoms with Crippen molar-refractivity contribution in [1.29, 1.82) is 0 Å². The van der Waals surface area contributed by atoms with Gasteiger partial charge in [-0.1, -0.05) is 41.0 Å². The van der Waals surface area contributed by atoms with Crippen molar-refractivity contribution in [3.8, 4) is 5.82 Å². The average molecular weight is 478 g/mol. The van der Waals surface area contributed by atoms with Gasteiger partial charge in [-0.3, -0.25) is 14.2 Å². The molecule has 0 spiro atoms. The second-order valence-corrected chi connectivity index (χ2v) is 8.45. The molecule has 0 unspecified atom stereocenters. The van der Waals surface area contributed by atoms with E-state index in [9.17, 15) is 9.59 Å². The van der Waals surface area contributed by atoms with E-state index in [0.29, 0.717) is 41.3 Å². The second-order valence-electron chi connectivity index (χ2n) is 6.66. The van der Waals surface area contributed by atoms with E-state index < -0.39 is 0 Å². The largest absolute Gasteiger partial charge is 0.335 e. The SMILES string of the molecule is O=C(CSc1nnc(CN2CCCC2=O)n1-c1ccccn1)Nc1ncc(Cl)cc1Cl. The van der Waals surface area contributed by atoms with Crippen LogP contribution < -0.4 is 5.32 Å². The van der Waals surface area contributed by atoms with Crippen molar-refractivity contribution >= 4 is 52.6 Å². The lowest BCUT2D eigenvalue weighted by Crippen LogP contribution is -2.26. The molecule has 2 amide bonds. The summed E-state index contributed by atoms with van der Waals surface area (Å²) < 4.78 is 1.76. The van der Waals surface area contributed by atoms with Crippen molar-refractivity contribution in [3.63, 3.8) is 0 Å². The van der Waals surface area contributed by atoms with Crippen LogP contribution in [0.3, 0.4) is 0 Å². The molecule has 4 heterocycles. The average Bonchev–Trinajstić information content (AvgIpc) is 3.35. The maximum absolute atomic E-state index is 12.4. The predicted octanol–water partition coefficient (Wildman–Crippen LogP) is 3.22. The summed E-state index contributed by atoms with van der Waals surface area (Å²) in [6.07, 6.45) is 4.44. The van der Waals surface area contributed by atoms with Crippen LogP contribution in [0.1, 0.15) is 18.7 Å². The number of carbonyl (C=O) groups is 2. The van der Waals surface area contributed by atoms with Crippen LogP contribution in [-0.4, -0.2) is 53.7 Å². The molecule has 3 aromatic rings. The molecule has 1 fully saturated rings. The van der Waals surface area contributed by atoms with Crippen molar-refractivity contribution < 1.29 is 9.59 Å². The summed E-state index contributed by atoms with van der Waals surface area (Å²) in [5.41, 5.74) is 0. The maximum atomic E-state index is 12.4. The fourth-order valence-corrected chi connectivity index (χ4v) is 4.25. The molecule has 0 atom stereocenters. The first-order valence-electron chi connectivity index (χ1n) is 9.38. The van der Waals surface area contributed by atoms with E-state index in [-0.39, 0.29) is 28.4 Å². The maximum Gasteiger partial charge on any atom is 0.236 e. The Balaban J connectivity index is 1.51. The molecule has 0 aromatic carbocycles. The molecule has 12 heteroatoms. The van der Waals surface area contributed by atoms with E-state index >= 15 is 0 Å². The van der Waals surface area contributed by atoms with Crippen LogP contribution in [0.25, 0.3) is 5.82 Å². The molecular weight excluding hydrogens is 461 g/mol. The topological polar surface area (TPSA) is 106 Å². The smallest absolute Gasteiger partial charge is 0.236 e. The Hall–Kier alpha value is -2.69. The van der Waals surface area contributed by atoms with Crippen LogP contribution in [0.15, 0.2) is 41.8 Å². The van der Waals surface area contributed by atoms with Gasteiger partial charge in [0.1, 0.15) is 5.82 Å². The van der Waals surface area contributed by atoms with E-state index in [0.717, 1.165) is 6.42 Å². The zero-order valence-electron chi connectivity index (χ0n) is 16.2. The second kappa shape index (κ2) is 9.63. The minimum absolute atomic E-state index is 0.0498. The summed E-state index contributed by atoms with van der Waals surface area (Å²) in [7, 11) is 0. The van der Waals surface area contributed by atoms with Gasteiger partial charge < -0.3 is 10.2 Å². The van der Waals surface area contributed by atoms with Gasteiger partial charge in [-0.25, -0.2) is 9.97 Å². The Morgan fingerprint density at radius 3 is 2.81 bits per heavy atom. The summed E-state index contributed by atoms with van der Waals surface area (Å²) in [5.74, 6) is 1.26. The quantitative estimate of drug-likeness (QED) is 0.520. The summed E-state index contributed by atoms with van der Waals surface area (Å²) in [5, 5.41) is 12.3. The molecule has 0 radical (unpaired) electrons. The van der Waals surface area contributed by atoms with Crippen molar-refractivity contribution in [2.75, 3.05) is 17.6 Å². The molecule has 3 aromatic heterocycles. The van der Waals surface area contributed by atoms with Gasteiger partial charge in [0.25, 0.3) is 0 Å². The van der Waals surface area contributed by atoms with E-state index in [2.05, 4.69) is 25.5 Å². The zero-order chi connectivity index (χ0) is 21.8. The number of pyridine rings is 2. The molecule has 0 saturated carbocycles. The van der Waals surface area contributed by atoms with Gasteiger partial charge in [-0.15, -0.1) is 10.2 Å². The van der Waals surface area contributed by atoms with Crippen molar-refractivity contribution in [3.05, 3.63) is 52.5 Å². The molecule has 1 aliphatic heterocycles. The summed E-state index contributed by atoms with van der Waals surface area (Å²) in [4.78, 5) is 34.6. The lowest BCUT2D eigenvalue weighted by Gasteiger charge is -2.16. The normalized spacial score (nSPS) is 13.6. The molecule has 160 valence electrons. The minimum atomic E-state index is -0.312. The van der Waals surface area contributed by atoms with Crippen LogP contribution in [0.5, 0.6) is 0 Å². The first kappa shape index (κ1) is 21.5. The molecule has 9 nitrogen and oxygen atoms in total. The number of rotatable bonds is 7. The predicted molar refractivity (Wildman–Crippen MR) is 117 cm³/mol. The minimum Gasteiger partial charge on any atom is -0.335 e. The third kappa shape index (κ3) is 5.15. The van der Waals surface area contributed by atoms with Crippen LogP contribution >= 0.6 is 35.0 Å². The highest BCUT2D eigenvalue weighted by Gasteiger charge is 2.24. The molecule has 0 bridgehead atoms. The van der Waals surface area contributed by atoms with Gasteiger partial charge >= 0.3 is 0 Å². The number of amides is 2. The Morgan fingerprint density at radius 1 is 1.23 bits per heavy atom. The first-order chi connectivity index (χ1) is 15.0. The number of halogens is 2. The van der Waals surface area contributed by atoms with E-state index in [1.54, 1.807) is 21.7 Å². The number of aromatic nitrogens is 5. The third-order valence-corrected chi connectivity index (χ3v) is 5.90. The molecular formula is C19H17Cl2N7O2S. The van der Waals surface area contributed by atoms with Gasteiger partial charge in [0.15, 0.2) is 16.8 Å². The number of likely N-dealkylation sites (tertiary alicyclic amines) is 1. The molecule has 1 N–H and O–H groups in total. The summed E-state index contributed by atoms with van der Waals surface area (Å²) in [6, 6.07) is 6.98. The lowest BCUT2D eigenvalue weighted by atomic mass is 10.4. The van der Waals surface area contributed by atoms with Crippen LogP contribution in [-0.2, 0) is 16.1 Å². The van der Waals surface area contributed by atoms with Gasteiger partial charge in [-0.2, -0.15) is 0 Å². The Labute approximate surface area is 192 Å². The number of anilines is 1. The van der Waals surface area contributed by atoms with Gasteiger partial charge in [0.05, 0.1) is 22.3 Å². The molecule has 31 heavy (non-hydrogen) atoms. The number of hydrogen-bond donors (Lipinski definition) is 1. The van der Waals surface area contributed by atoms with Gasteiger partial charge in [-0.05, 0) is 24.6 Å². The van der Waals surface area contributed by atoms with E-state index in [1.807, 2.05) is 12.1 Å². The number of hydrogen-bond acceptors (Lipinski definition) is 7. The van der Waals surface area contributed by atoms with Crippen LogP contribution in [0.4, 0.5) is 5.82 Å². The summed E-state index contributed by atoms with van der Waals surface area (Å²) in [6.45, 7) is 1.02. The highest BCUT2D eigenvalue weighted by molar-refractivity contribution is 7.99. The monoisotopic (exact) mass is 477 g/mol. The van der Waals surface area contributed by atoms with E-state index in [4.69, 9.17) is 23.2 Å². The Bertz CT molecular complexity index is 1110. The summed E-state index contributed by atoms with van der Waals surface area (Å²) >= 11 is 13.1. The molecule has 0 aliphatic carbocycles. The van der Waals surface area contributed by atoms with Crippen molar-refractivity contribution in [2.45, 2.75) is 24.5 Å². The molecule has 1 saturated heterocycles. The van der Waals surface area contributed by atoms with Gasteiger partial charge in [0, 0.05) is 25.4 Å². The van der Waals surface area contributed by atoms with Crippen molar-refractivity contribution in [1.82, 2.24) is 29.6 Å². The number of nitrogens with one attached hydrogen (secondary N) is 1. The highest BCUT2D eigenvalue weighted by atomic mass is 35.5. The third-order valence-electron chi connectivity index (χ3n) is 4.48. The number of nitrogens with zero attached hydrogens (tertiary/aromatic N) is 6.